The molecule has 21 heavy (non-hydrogen) atoms. The van der Waals surface area contributed by atoms with Crippen LogP contribution >= 0.6 is 11.6 Å². The van der Waals surface area contributed by atoms with E-state index < -0.39 is 5.54 Å². The van der Waals surface area contributed by atoms with Crippen LogP contribution in [0.4, 0.5) is 0 Å². The van der Waals surface area contributed by atoms with Gasteiger partial charge in [-0.15, -0.1) is 0 Å². The number of carbonyl (C=O) groups is 1. The van der Waals surface area contributed by atoms with Crippen LogP contribution in [0.25, 0.3) is 0 Å². The molecule has 0 spiro atoms. The number of nitrogens with one attached hydrogen (secondary N) is 1. The van der Waals surface area contributed by atoms with E-state index in [-0.39, 0.29) is 5.97 Å². The summed E-state index contributed by atoms with van der Waals surface area (Å²) in [7, 11) is 1.44. The highest BCUT2D eigenvalue weighted by molar-refractivity contribution is 6.30. The van der Waals surface area contributed by atoms with E-state index in [0.717, 1.165) is 18.4 Å². The molecule has 0 aromatic heterocycles. The first kappa shape index (κ1) is 16.3. The normalized spacial score (nSPS) is 19.0. The number of carbonyl (C=O) groups excluding carboxylic acids is 1. The molecule has 1 unspecified atom stereocenters. The van der Waals surface area contributed by atoms with Gasteiger partial charge in [0.1, 0.15) is 5.54 Å². The molecular formula is C17H24ClNO2. The third-order valence-corrected chi connectivity index (χ3v) is 4.67. The van der Waals surface area contributed by atoms with E-state index in [1.807, 2.05) is 31.2 Å². The van der Waals surface area contributed by atoms with Gasteiger partial charge < -0.3 is 4.74 Å². The highest BCUT2D eigenvalue weighted by Gasteiger charge is 2.41. The van der Waals surface area contributed by atoms with E-state index >= 15 is 0 Å². The number of rotatable bonds is 5. The molecule has 1 N–H and O–H groups in total. The smallest absolute Gasteiger partial charge is 0.330 e. The van der Waals surface area contributed by atoms with E-state index in [1.54, 1.807) is 0 Å². The van der Waals surface area contributed by atoms with Crippen molar-refractivity contribution < 1.29 is 9.53 Å². The molecule has 0 bridgehead atoms. The zero-order valence-corrected chi connectivity index (χ0v) is 13.6. The van der Waals surface area contributed by atoms with Crippen molar-refractivity contribution in [2.75, 3.05) is 7.11 Å². The Morgan fingerprint density at radius 3 is 2.67 bits per heavy atom. The molecule has 0 heterocycles. The summed E-state index contributed by atoms with van der Waals surface area (Å²) in [6.45, 7) is 2.01. The summed E-state index contributed by atoms with van der Waals surface area (Å²) in [5.74, 6) is -0.238. The number of benzene rings is 1. The fraction of sp³-hybridized carbons (Fsp3) is 0.588. The Labute approximate surface area is 132 Å². The molecule has 2 rings (SSSR count). The SMILES string of the molecule is CCC(NC1CCCCC1)(C(=O)OC)c1cccc(Cl)c1. The molecule has 1 saturated carbocycles. The van der Waals surface area contributed by atoms with Crippen LogP contribution in [-0.2, 0) is 15.1 Å². The molecule has 0 aliphatic heterocycles. The van der Waals surface area contributed by atoms with E-state index in [1.165, 1.54) is 26.4 Å². The summed E-state index contributed by atoms with van der Waals surface area (Å²) in [5, 5.41) is 4.22. The van der Waals surface area contributed by atoms with Crippen molar-refractivity contribution in [2.24, 2.45) is 0 Å². The first-order chi connectivity index (χ1) is 10.1. The molecule has 1 aromatic carbocycles. The second-order valence-electron chi connectivity index (χ2n) is 5.74. The van der Waals surface area contributed by atoms with Crippen molar-refractivity contribution in [3.05, 3.63) is 34.9 Å². The number of methoxy groups -OCH3 is 1. The summed E-state index contributed by atoms with van der Waals surface area (Å²) in [6, 6.07) is 7.87. The van der Waals surface area contributed by atoms with Gasteiger partial charge in [0.05, 0.1) is 7.11 Å². The van der Waals surface area contributed by atoms with Gasteiger partial charge in [-0.05, 0) is 37.0 Å². The van der Waals surface area contributed by atoms with Crippen LogP contribution in [0.5, 0.6) is 0 Å². The number of ether oxygens (including phenoxy) is 1. The summed E-state index contributed by atoms with van der Waals surface area (Å²) in [6.07, 6.45) is 6.57. The Morgan fingerprint density at radius 2 is 2.10 bits per heavy atom. The minimum Gasteiger partial charge on any atom is -0.467 e. The van der Waals surface area contributed by atoms with Crippen LogP contribution in [0.3, 0.4) is 0 Å². The van der Waals surface area contributed by atoms with Crippen molar-refractivity contribution in [1.29, 1.82) is 0 Å². The lowest BCUT2D eigenvalue weighted by molar-refractivity contribution is -0.150. The van der Waals surface area contributed by atoms with E-state index in [2.05, 4.69) is 5.32 Å². The zero-order chi connectivity index (χ0) is 15.3. The lowest BCUT2D eigenvalue weighted by Crippen LogP contribution is -2.54. The summed E-state index contributed by atoms with van der Waals surface area (Å²) in [4.78, 5) is 12.5. The Balaban J connectivity index is 2.34. The van der Waals surface area contributed by atoms with Crippen LogP contribution in [0.1, 0.15) is 51.0 Å². The molecule has 0 saturated heterocycles. The second kappa shape index (κ2) is 7.28. The van der Waals surface area contributed by atoms with Gasteiger partial charge in [-0.2, -0.15) is 0 Å². The fourth-order valence-electron chi connectivity index (χ4n) is 3.23. The standard InChI is InChI=1S/C17H24ClNO2/c1-3-17(16(20)21-2,13-8-7-9-14(18)12-13)19-15-10-5-4-6-11-15/h7-9,12,15,19H,3-6,10-11H2,1-2H3. The van der Waals surface area contributed by atoms with E-state index in [0.29, 0.717) is 17.5 Å². The van der Waals surface area contributed by atoms with Gasteiger partial charge in [-0.1, -0.05) is 49.9 Å². The highest BCUT2D eigenvalue weighted by atomic mass is 35.5. The lowest BCUT2D eigenvalue weighted by atomic mass is 9.84. The average molecular weight is 310 g/mol. The number of halogens is 1. The molecule has 116 valence electrons. The lowest BCUT2D eigenvalue weighted by Gasteiger charge is -2.37. The maximum Gasteiger partial charge on any atom is 0.330 e. The minimum absolute atomic E-state index is 0.238. The zero-order valence-electron chi connectivity index (χ0n) is 12.8. The Hall–Kier alpha value is -1.06. The Kier molecular flexibility index (Phi) is 5.65. The molecule has 0 radical (unpaired) electrons. The minimum atomic E-state index is -0.804. The van der Waals surface area contributed by atoms with Crippen LogP contribution in [0.15, 0.2) is 24.3 Å². The molecule has 1 fully saturated rings. The molecule has 1 aromatic rings. The number of hydrogen-bond acceptors (Lipinski definition) is 3. The first-order valence-electron chi connectivity index (χ1n) is 7.74. The molecule has 0 amide bonds. The third kappa shape index (κ3) is 3.58. The maximum absolute atomic E-state index is 12.5. The number of hydrogen-bond donors (Lipinski definition) is 1. The van der Waals surface area contributed by atoms with Crippen LogP contribution in [0, 0.1) is 0 Å². The molecule has 1 atom stereocenters. The maximum atomic E-state index is 12.5. The largest absolute Gasteiger partial charge is 0.467 e. The van der Waals surface area contributed by atoms with Gasteiger partial charge in [0.2, 0.25) is 0 Å². The number of esters is 1. The van der Waals surface area contributed by atoms with Crippen LogP contribution in [-0.4, -0.2) is 19.1 Å². The van der Waals surface area contributed by atoms with Gasteiger partial charge in [0.15, 0.2) is 0 Å². The Morgan fingerprint density at radius 1 is 1.38 bits per heavy atom. The van der Waals surface area contributed by atoms with Gasteiger partial charge in [0, 0.05) is 11.1 Å². The molecule has 3 nitrogen and oxygen atoms in total. The van der Waals surface area contributed by atoms with Crippen molar-refractivity contribution in [3.63, 3.8) is 0 Å². The predicted octanol–water partition coefficient (Wildman–Crippen LogP) is 4.04. The van der Waals surface area contributed by atoms with Crippen LogP contribution < -0.4 is 5.32 Å². The van der Waals surface area contributed by atoms with Crippen molar-refractivity contribution in [2.45, 2.75) is 57.0 Å². The van der Waals surface area contributed by atoms with Crippen molar-refractivity contribution in [3.8, 4) is 0 Å². The van der Waals surface area contributed by atoms with Gasteiger partial charge >= 0.3 is 5.97 Å². The fourth-order valence-corrected chi connectivity index (χ4v) is 3.42. The monoisotopic (exact) mass is 309 g/mol. The topological polar surface area (TPSA) is 38.3 Å². The van der Waals surface area contributed by atoms with Gasteiger partial charge in [0.25, 0.3) is 0 Å². The van der Waals surface area contributed by atoms with Gasteiger partial charge in [-0.3, -0.25) is 5.32 Å². The summed E-state index contributed by atoms with van der Waals surface area (Å²) in [5.41, 5.74) is 0.0803. The molecule has 1 aliphatic rings. The Bertz CT molecular complexity index is 485. The molecule has 4 heteroatoms. The molecular weight excluding hydrogens is 286 g/mol. The van der Waals surface area contributed by atoms with Crippen molar-refractivity contribution >= 4 is 17.6 Å². The average Bonchev–Trinajstić information content (AvgIpc) is 2.53. The second-order valence-corrected chi connectivity index (χ2v) is 6.18. The third-order valence-electron chi connectivity index (χ3n) is 4.44. The first-order valence-corrected chi connectivity index (χ1v) is 8.12. The molecule has 1 aliphatic carbocycles. The predicted molar refractivity (Wildman–Crippen MR) is 85.4 cm³/mol. The summed E-state index contributed by atoms with van der Waals surface area (Å²) >= 11 is 6.12. The van der Waals surface area contributed by atoms with Crippen LogP contribution in [0.2, 0.25) is 5.02 Å². The van der Waals surface area contributed by atoms with E-state index in [4.69, 9.17) is 16.3 Å². The van der Waals surface area contributed by atoms with E-state index in [9.17, 15) is 4.79 Å². The van der Waals surface area contributed by atoms with Crippen molar-refractivity contribution in [1.82, 2.24) is 5.32 Å². The quantitative estimate of drug-likeness (QED) is 0.834. The van der Waals surface area contributed by atoms with Gasteiger partial charge in [-0.25, -0.2) is 4.79 Å². The summed E-state index contributed by atoms with van der Waals surface area (Å²) < 4.78 is 5.10. The highest BCUT2D eigenvalue weighted by Crippen LogP contribution is 2.31.